The Balaban J connectivity index is 1.85. The maximum atomic E-state index is 9.70. The first-order valence-corrected chi connectivity index (χ1v) is 6.58. The number of nitrogens with zero attached hydrogens (tertiary/aromatic N) is 2. The smallest absolute Gasteiger partial charge is 0.119 e. The summed E-state index contributed by atoms with van der Waals surface area (Å²) in [6.45, 7) is 2.58. The summed E-state index contributed by atoms with van der Waals surface area (Å²) in [6.07, 6.45) is 2.95. The number of aryl methyl sites for hydroxylation is 1. The van der Waals surface area contributed by atoms with E-state index < -0.39 is 0 Å². The molecule has 0 aliphatic heterocycles. The molecule has 102 valence electrons. The fraction of sp³-hybridized carbons (Fsp3) is 0.400. The average Bonchev–Trinajstić information content (AvgIpc) is 2.84. The number of aliphatic hydroxyl groups excluding tert-OH is 1. The van der Waals surface area contributed by atoms with Gasteiger partial charge in [0.15, 0.2) is 0 Å². The van der Waals surface area contributed by atoms with Crippen molar-refractivity contribution < 1.29 is 9.84 Å². The summed E-state index contributed by atoms with van der Waals surface area (Å²) in [5, 5.41) is 13.8. The van der Waals surface area contributed by atoms with E-state index in [1.54, 1.807) is 6.20 Å². The predicted molar refractivity (Wildman–Crippen MR) is 74.1 cm³/mol. The molecule has 0 aliphatic carbocycles. The minimum Gasteiger partial charge on any atom is -0.493 e. The van der Waals surface area contributed by atoms with Gasteiger partial charge in [-0.25, -0.2) is 0 Å². The molecule has 4 heteroatoms. The number of ether oxygens (including phenoxy) is 1. The lowest BCUT2D eigenvalue weighted by Crippen LogP contribution is -2.06. The number of hydrogen-bond donors (Lipinski definition) is 1. The molecule has 0 radical (unpaired) electrons. The van der Waals surface area contributed by atoms with Crippen LogP contribution >= 0.6 is 0 Å². The molecule has 0 bridgehead atoms. The van der Waals surface area contributed by atoms with Crippen molar-refractivity contribution in [3.8, 4) is 5.75 Å². The highest BCUT2D eigenvalue weighted by Gasteiger charge is 2.04. The largest absolute Gasteiger partial charge is 0.493 e. The van der Waals surface area contributed by atoms with E-state index in [0.29, 0.717) is 6.61 Å². The lowest BCUT2D eigenvalue weighted by molar-refractivity contribution is 0.173. The zero-order valence-corrected chi connectivity index (χ0v) is 11.4. The minimum atomic E-state index is -0.386. The minimum absolute atomic E-state index is 0.386. The van der Waals surface area contributed by atoms with Crippen LogP contribution in [0.15, 0.2) is 36.5 Å². The standard InChI is InChI=1S/C15H20N2O2/c1-3-15(18)12-4-6-14(7-5-12)19-11-9-13-8-10-16-17(13)2/h4-8,10,15,18H,3,9,11H2,1-2H3. The fourth-order valence-electron chi connectivity index (χ4n) is 1.94. The molecule has 1 aromatic carbocycles. The van der Waals surface area contributed by atoms with Crippen molar-refractivity contribution in [3.05, 3.63) is 47.8 Å². The quantitative estimate of drug-likeness (QED) is 0.868. The van der Waals surface area contributed by atoms with Crippen LogP contribution in [0.4, 0.5) is 0 Å². The van der Waals surface area contributed by atoms with Crippen LogP contribution in [-0.2, 0) is 13.5 Å². The van der Waals surface area contributed by atoms with E-state index >= 15 is 0 Å². The molecule has 2 aromatic rings. The van der Waals surface area contributed by atoms with Gasteiger partial charge in [-0.2, -0.15) is 5.10 Å². The van der Waals surface area contributed by atoms with E-state index in [1.807, 2.05) is 49.0 Å². The summed E-state index contributed by atoms with van der Waals surface area (Å²) in [5.74, 6) is 0.828. The average molecular weight is 260 g/mol. The molecular weight excluding hydrogens is 240 g/mol. The SMILES string of the molecule is CCC(O)c1ccc(OCCc2ccnn2C)cc1. The first-order valence-electron chi connectivity index (χ1n) is 6.58. The van der Waals surface area contributed by atoms with E-state index in [0.717, 1.165) is 29.8 Å². The zero-order chi connectivity index (χ0) is 13.7. The summed E-state index contributed by atoms with van der Waals surface area (Å²) >= 11 is 0. The Morgan fingerprint density at radius 2 is 2.00 bits per heavy atom. The second kappa shape index (κ2) is 6.38. The van der Waals surface area contributed by atoms with Gasteiger partial charge in [0.2, 0.25) is 0 Å². The number of hydrogen-bond acceptors (Lipinski definition) is 3. The Morgan fingerprint density at radius 1 is 1.26 bits per heavy atom. The second-order valence-electron chi connectivity index (χ2n) is 4.54. The first-order chi connectivity index (χ1) is 9.20. The summed E-state index contributed by atoms with van der Waals surface area (Å²) in [6, 6.07) is 9.61. The molecule has 1 unspecified atom stereocenters. The van der Waals surface area contributed by atoms with Gasteiger partial charge in [-0.3, -0.25) is 4.68 Å². The van der Waals surface area contributed by atoms with Gasteiger partial charge in [0.25, 0.3) is 0 Å². The van der Waals surface area contributed by atoms with Crippen molar-refractivity contribution in [1.82, 2.24) is 9.78 Å². The van der Waals surface area contributed by atoms with Crippen molar-refractivity contribution >= 4 is 0 Å². The van der Waals surface area contributed by atoms with Crippen LogP contribution in [0.25, 0.3) is 0 Å². The van der Waals surface area contributed by atoms with Gasteiger partial charge in [-0.15, -0.1) is 0 Å². The van der Waals surface area contributed by atoms with E-state index in [4.69, 9.17) is 4.74 Å². The third-order valence-corrected chi connectivity index (χ3v) is 3.20. The van der Waals surface area contributed by atoms with Crippen LogP contribution in [0.5, 0.6) is 5.75 Å². The highest BCUT2D eigenvalue weighted by molar-refractivity contribution is 5.28. The van der Waals surface area contributed by atoms with Crippen LogP contribution in [0.3, 0.4) is 0 Å². The van der Waals surface area contributed by atoms with Crippen molar-refractivity contribution in [2.75, 3.05) is 6.61 Å². The van der Waals surface area contributed by atoms with Gasteiger partial charge < -0.3 is 9.84 Å². The molecule has 0 saturated heterocycles. The molecule has 4 nitrogen and oxygen atoms in total. The molecule has 0 aliphatic rings. The predicted octanol–water partition coefficient (Wildman–Crippen LogP) is 2.49. The summed E-state index contributed by atoms with van der Waals surface area (Å²) in [7, 11) is 1.93. The van der Waals surface area contributed by atoms with E-state index in [1.165, 1.54) is 0 Å². The van der Waals surface area contributed by atoms with Crippen molar-refractivity contribution in [3.63, 3.8) is 0 Å². The normalized spacial score (nSPS) is 12.4. The number of benzene rings is 1. The van der Waals surface area contributed by atoms with Gasteiger partial charge in [-0.1, -0.05) is 19.1 Å². The first kappa shape index (κ1) is 13.6. The molecule has 0 amide bonds. The molecule has 1 atom stereocenters. The molecule has 1 aromatic heterocycles. The van der Waals surface area contributed by atoms with Crippen molar-refractivity contribution in [2.24, 2.45) is 7.05 Å². The monoisotopic (exact) mass is 260 g/mol. The lowest BCUT2D eigenvalue weighted by atomic mass is 10.1. The number of aliphatic hydroxyl groups is 1. The topological polar surface area (TPSA) is 47.3 Å². The van der Waals surface area contributed by atoms with Crippen LogP contribution in [0, 0.1) is 0 Å². The number of aromatic nitrogens is 2. The summed E-state index contributed by atoms with van der Waals surface area (Å²) in [4.78, 5) is 0. The van der Waals surface area contributed by atoms with Gasteiger partial charge in [0.1, 0.15) is 5.75 Å². The van der Waals surface area contributed by atoms with Gasteiger partial charge in [-0.05, 0) is 30.2 Å². The molecule has 0 fully saturated rings. The fourth-order valence-corrected chi connectivity index (χ4v) is 1.94. The highest BCUT2D eigenvalue weighted by Crippen LogP contribution is 2.19. The molecule has 1 heterocycles. The summed E-state index contributed by atoms with van der Waals surface area (Å²) < 4.78 is 7.53. The Bertz CT molecular complexity index is 505. The lowest BCUT2D eigenvalue weighted by Gasteiger charge is -2.10. The molecule has 1 N–H and O–H groups in total. The number of rotatable bonds is 6. The Morgan fingerprint density at radius 3 is 2.58 bits per heavy atom. The van der Waals surface area contributed by atoms with Crippen molar-refractivity contribution in [2.45, 2.75) is 25.9 Å². The third kappa shape index (κ3) is 3.58. The van der Waals surface area contributed by atoms with Crippen LogP contribution < -0.4 is 4.74 Å². The maximum absolute atomic E-state index is 9.70. The molecule has 2 rings (SSSR count). The van der Waals surface area contributed by atoms with Crippen molar-refractivity contribution in [1.29, 1.82) is 0 Å². The van der Waals surface area contributed by atoms with Crippen LogP contribution in [-0.4, -0.2) is 21.5 Å². The van der Waals surface area contributed by atoms with Gasteiger partial charge >= 0.3 is 0 Å². The van der Waals surface area contributed by atoms with Crippen LogP contribution in [0.1, 0.15) is 30.7 Å². The van der Waals surface area contributed by atoms with Gasteiger partial charge in [0, 0.05) is 25.4 Å². The second-order valence-corrected chi connectivity index (χ2v) is 4.54. The Kier molecular flexibility index (Phi) is 4.58. The Hall–Kier alpha value is -1.81. The zero-order valence-electron chi connectivity index (χ0n) is 11.4. The highest BCUT2D eigenvalue weighted by atomic mass is 16.5. The molecule has 0 saturated carbocycles. The summed E-state index contributed by atoms with van der Waals surface area (Å²) in [5.41, 5.74) is 2.08. The van der Waals surface area contributed by atoms with Crippen LogP contribution in [0.2, 0.25) is 0 Å². The van der Waals surface area contributed by atoms with E-state index in [2.05, 4.69) is 5.10 Å². The molecule has 0 spiro atoms. The third-order valence-electron chi connectivity index (χ3n) is 3.20. The molecular formula is C15H20N2O2. The van der Waals surface area contributed by atoms with Gasteiger partial charge in [0.05, 0.1) is 12.7 Å². The Labute approximate surface area is 113 Å². The maximum Gasteiger partial charge on any atom is 0.119 e. The molecule has 19 heavy (non-hydrogen) atoms. The van der Waals surface area contributed by atoms with E-state index in [-0.39, 0.29) is 6.10 Å². The van der Waals surface area contributed by atoms with E-state index in [9.17, 15) is 5.11 Å².